The van der Waals surface area contributed by atoms with Gasteiger partial charge in [0.25, 0.3) is 0 Å². The highest BCUT2D eigenvalue weighted by Crippen LogP contribution is 2.30. The first-order valence-corrected chi connectivity index (χ1v) is 11.8. The number of ketones is 1. The average Bonchev–Trinajstić information content (AvgIpc) is 3.13. The number of nitrogens with one attached hydrogen (secondary N) is 4. The Balaban J connectivity index is 1.74. The van der Waals surface area contributed by atoms with Crippen LogP contribution in [0.2, 0.25) is 0 Å². The topological polar surface area (TPSA) is 153 Å². The van der Waals surface area contributed by atoms with Gasteiger partial charge in [-0.15, -0.1) is 0 Å². The molecule has 0 unspecified atom stereocenters. The van der Waals surface area contributed by atoms with Crippen LogP contribution in [0.15, 0.2) is 54.6 Å². The number of anilines is 1. The van der Waals surface area contributed by atoms with Gasteiger partial charge in [-0.1, -0.05) is 44.2 Å². The third-order valence-corrected chi connectivity index (χ3v) is 5.96. The maximum atomic E-state index is 13.2. The maximum absolute atomic E-state index is 13.2. The quantitative estimate of drug-likeness (QED) is 0.228. The first kappa shape index (κ1) is 27.1. The van der Waals surface area contributed by atoms with Crippen molar-refractivity contribution in [1.29, 1.82) is 0 Å². The van der Waals surface area contributed by atoms with Crippen LogP contribution in [0.1, 0.15) is 47.8 Å². The third kappa shape index (κ3) is 6.81. The van der Waals surface area contributed by atoms with Crippen LogP contribution in [0.5, 0.6) is 17.5 Å². The average molecular weight is 509 g/mol. The third-order valence-electron chi connectivity index (χ3n) is 5.96. The van der Waals surface area contributed by atoms with E-state index in [2.05, 4.69) is 20.9 Å². The van der Waals surface area contributed by atoms with E-state index in [0.717, 1.165) is 0 Å². The minimum absolute atomic E-state index is 0.0758. The van der Waals surface area contributed by atoms with Crippen LogP contribution in [-0.2, 0) is 4.79 Å². The van der Waals surface area contributed by atoms with Gasteiger partial charge in [0.2, 0.25) is 11.8 Å². The normalized spacial score (nSPS) is 12.5. The molecule has 3 rings (SSSR count). The van der Waals surface area contributed by atoms with Gasteiger partial charge < -0.3 is 30.9 Å². The highest BCUT2D eigenvalue weighted by atomic mass is 16.5. The number of carbonyl (C=O) groups is 3. The van der Waals surface area contributed by atoms with E-state index in [0.29, 0.717) is 17.0 Å². The maximum Gasteiger partial charge on any atom is 0.319 e. The molecule has 0 saturated carbocycles. The van der Waals surface area contributed by atoms with Crippen molar-refractivity contribution in [3.8, 4) is 17.5 Å². The number of rotatable bonds is 10. The van der Waals surface area contributed by atoms with Crippen molar-refractivity contribution in [3.05, 3.63) is 71.3 Å². The molecule has 0 aliphatic rings. The molecule has 10 heteroatoms. The van der Waals surface area contributed by atoms with E-state index in [1.54, 1.807) is 69.5 Å². The lowest BCUT2D eigenvalue weighted by Gasteiger charge is -2.24. The zero-order valence-electron chi connectivity index (χ0n) is 21.2. The Kier molecular flexibility index (Phi) is 8.78. The van der Waals surface area contributed by atoms with Crippen molar-refractivity contribution in [2.75, 3.05) is 12.4 Å². The Bertz CT molecular complexity index is 1240. The summed E-state index contributed by atoms with van der Waals surface area (Å²) in [6, 6.07) is 13.7. The van der Waals surface area contributed by atoms with Crippen molar-refractivity contribution in [1.82, 2.24) is 15.6 Å². The number of ether oxygens (including phenoxy) is 1. The smallest absolute Gasteiger partial charge is 0.319 e. The molecule has 0 radical (unpaired) electrons. The minimum Gasteiger partial charge on any atom is -0.497 e. The summed E-state index contributed by atoms with van der Waals surface area (Å²) in [6.45, 7) is 5.02. The number of amides is 3. The Morgan fingerprint density at radius 1 is 0.946 bits per heavy atom. The van der Waals surface area contributed by atoms with Crippen LogP contribution in [0.3, 0.4) is 0 Å². The SMILES string of the molecule is COc1ccc(NC(=O)N[C@@H](CC(=O)N[C@H](C(=O)c2c(O)[nH]c(O)c2C)C(C)C)c2ccccc2)cc1. The molecular formula is C27H32N4O6. The Hall–Kier alpha value is -4.47. The largest absolute Gasteiger partial charge is 0.497 e. The molecule has 37 heavy (non-hydrogen) atoms. The van der Waals surface area contributed by atoms with Gasteiger partial charge in [-0.25, -0.2) is 4.79 Å². The number of methoxy groups -OCH3 is 1. The Morgan fingerprint density at radius 3 is 2.14 bits per heavy atom. The fourth-order valence-corrected chi connectivity index (χ4v) is 3.91. The molecule has 3 aromatic rings. The van der Waals surface area contributed by atoms with E-state index >= 15 is 0 Å². The van der Waals surface area contributed by atoms with E-state index in [1.807, 2.05) is 6.07 Å². The fourth-order valence-electron chi connectivity index (χ4n) is 3.91. The molecule has 2 aromatic carbocycles. The number of hydrogen-bond acceptors (Lipinski definition) is 6. The molecule has 0 saturated heterocycles. The number of H-pyrrole nitrogens is 1. The summed E-state index contributed by atoms with van der Waals surface area (Å²) in [5.41, 5.74) is 1.37. The number of urea groups is 1. The standard InChI is InChI=1S/C27H32N4O6/c1-15(2)23(24(33)22-16(3)25(34)31-26(22)35)30-21(32)14-20(17-8-6-5-7-9-17)29-27(36)28-18-10-12-19(37-4)13-11-18/h5-13,15,20,23,31,34-35H,14H2,1-4H3,(H,30,32)(H2,28,29,36)/t20-,23-/m0/s1. The van der Waals surface area contributed by atoms with E-state index in [-0.39, 0.29) is 29.3 Å². The monoisotopic (exact) mass is 508 g/mol. The Labute approximate surface area is 215 Å². The van der Waals surface area contributed by atoms with Crippen molar-refractivity contribution >= 4 is 23.4 Å². The van der Waals surface area contributed by atoms with Gasteiger partial charge >= 0.3 is 6.03 Å². The molecular weight excluding hydrogens is 476 g/mol. The summed E-state index contributed by atoms with van der Waals surface area (Å²) >= 11 is 0. The van der Waals surface area contributed by atoms with Crippen LogP contribution in [-0.4, -0.2) is 46.1 Å². The highest BCUT2D eigenvalue weighted by Gasteiger charge is 2.31. The van der Waals surface area contributed by atoms with Crippen molar-refractivity contribution in [3.63, 3.8) is 0 Å². The lowest BCUT2D eigenvalue weighted by molar-refractivity contribution is -0.122. The molecule has 0 spiro atoms. The number of aromatic amines is 1. The first-order chi connectivity index (χ1) is 17.6. The molecule has 196 valence electrons. The van der Waals surface area contributed by atoms with Gasteiger partial charge in [0.1, 0.15) is 5.75 Å². The van der Waals surface area contributed by atoms with Crippen molar-refractivity contribution < 1.29 is 29.3 Å². The molecule has 0 aliphatic heterocycles. The molecule has 3 amide bonds. The highest BCUT2D eigenvalue weighted by molar-refractivity contribution is 6.05. The number of aromatic hydroxyl groups is 2. The number of Topliss-reactive ketones (excluding diaryl/α,β-unsaturated/α-hetero) is 1. The molecule has 1 aromatic heterocycles. The molecule has 6 N–H and O–H groups in total. The predicted molar refractivity (Wildman–Crippen MR) is 139 cm³/mol. The molecule has 0 fully saturated rings. The second kappa shape index (κ2) is 12.0. The lowest BCUT2D eigenvalue weighted by atomic mass is 9.93. The molecule has 0 bridgehead atoms. The van der Waals surface area contributed by atoms with Crippen molar-refractivity contribution in [2.24, 2.45) is 5.92 Å². The van der Waals surface area contributed by atoms with Gasteiger partial charge in [0.15, 0.2) is 11.7 Å². The van der Waals surface area contributed by atoms with E-state index < -0.39 is 35.7 Å². The van der Waals surface area contributed by atoms with Gasteiger partial charge in [0, 0.05) is 11.3 Å². The van der Waals surface area contributed by atoms with Gasteiger partial charge in [0.05, 0.1) is 31.2 Å². The second-order valence-corrected chi connectivity index (χ2v) is 8.97. The van der Waals surface area contributed by atoms with Crippen LogP contribution < -0.4 is 20.7 Å². The number of carbonyl (C=O) groups excluding carboxylic acids is 3. The van der Waals surface area contributed by atoms with Gasteiger partial charge in [-0.05, 0) is 42.7 Å². The second-order valence-electron chi connectivity index (χ2n) is 8.97. The lowest BCUT2D eigenvalue weighted by Crippen LogP contribution is -2.46. The number of aromatic nitrogens is 1. The predicted octanol–water partition coefficient (Wildman–Crippen LogP) is 4.02. The van der Waals surface area contributed by atoms with Crippen LogP contribution in [0.25, 0.3) is 0 Å². The van der Waals surface area contributed by atoms with Crippen LogP contribution >= 0.6 is 0 Å². The van der Waals surface area contributed by atoms with Gasteiger partial charge in [-0.3, -0.25) is 14.6 Å². The van der Waals surface area contributed by atoms with Gasteiger partial charge in [-0.2, -0.15) is 0 Å². The zero-order chi connectivity index (χ0) is 27.1. The van der Waals surface area contributed by atoms with Crippen LogP contribution in [0, 0.1) is 12.8 Å². The summed E-state index contributed by atoms with van der Waals surface area (Å²) in [4.78, 5) is 41.3. The summed E-state index contributed by atoms with van der Waals surface area (Å²) in [5, 5.41) is 28.2. The number of benzene rings is 2. The first-order valence-electron chi connectivity index (χ1n) is 11.8. The van der Waals surface area contributed by atoms with E-state index in [1.165, 1.54) is 6.92 Å². The van der Waals surface area contributed by atoms with E-state index in [4.69, 9.17) is 4.74 Å². The summed E-state index contributed by atoms with van der Waals surface area (Å²) in [6.07, 6.45) is -0.139. The summed E-state index contributed by atoms with van der Waals surface area (Å²) < 4.78 is 5.12. The van der Waals surface area contributed by atoms with E-state index in [9.17, 15) is 24.6 Å². The summed E-state index contributed by atoms with van der Waals surface area (Å²) in [7, 11) is 1.55. The van der Waals surface area contributed by atoms with Crippen LogP contribution in [0.4, 0.5) is 10.5 Å². The molecule has 1 heterocycles. The van der Waals surface area contributed by atoms with Crippen molar-refractivity contribution in [2.45, 2.75) is 39.3 Å². The Morgan fingerprint density at radius 2 is 1.59 bits per heavy atom. The zero-order valence-corrected chi connectivity index (χ0v) is 21.2. The molecule has 0 aliphatic carbocycles. The minimum atomic E-state index is -0.961. The molecule has 10 nitrogen and oxygen atoms in total. The summed E-state index contributed by atoms with van der Waals surface area (Å²) in [5.74, 6) is -1.44. The molecule has 2 atom stereocenters. The fraction of sp³-hybridized carbons (Fsp3) is 0.296. The number of hydrogen-bond donors (Lipinski definition) is 6.